The molecule has 1 heterocycles. The van der Waals surface area contributed by atoms with E-state index in [9.17, 15) is 26.3 Å². The van der Waals surface area contributed by atoms with Gasteiger partial charge in [-0.3, -0.25) is 0 Å². The second-order valence-corrected chi connectivity index (χ2v) is 11.9. The average molecular weight is 570 g/mol. The zero-order valence-electron chi connectivity index (χ0n) is 18.7. The van der Waals surface area contributed by atoms with Crippen molar-refractivity contribution in [2.24, 2.45) is 0 Å². The first-order valence-electron chi connectivity index (χ1n) is 10.8. The molecule has 183 valence electrons. The van der Waals surface area contributed by atoms with Gasteiger partial charge in [0.2, 0.25) is 0 Å². The third-order valence-electron chi connectivity index (χ3n) is 4.97. The SMILES string of the molecule is CB1C=CC=CC1.FC(F)(F)c1cccc([O][Zr]([O]c2cccc(C(F)(F)F)c2)[C]2=CC=CC2)c1. The molecule has 0 unspecified atom stereocenters. The van der Waals surface area contributed by atoms with Gasteiger partial charge in [-0.15, -0.1) is 5.98 Å². The van der Waals surface area contributed by atoms with E-state index in [4.69, 9.17) is 5.63 Å². The molecule has 0 atom stereocenters. The van der Waals surface area contributed by atoms with Crippen molar-refractivity contribution in [1.29, 1.82) is 0 Å². The van der Waals surface area contributed by atoms with Gasteiger partial charge in [0.25, 0.3) is 0 Å². The molecule has 10 heteroatoms. The summed E-state index contributed by atoms with van der Waals surface area (Å²) in [6.07, 6.45) is 4.36. The molecular formula is C25H22BF6O2Zr. The van der Waals surface area contributed by atoms with Crippen LogP contribution in [-0.4, -0.2) is 6.71 Å². The number of rotatable bonds is 5. The van der Waals surface area contributed by atoms with E-state index in [2.05, 4.69) is 31.0 Å². The van der Waals surface area contributed by atoms with Crippen molar-refractivity contribution in [2.75, 3.05) is 0 Å². The van der Waals surface area contributed by atoms with Gasteiger partial charge >= 0.3 is 166 Å². The van der Waals surface area contributed by atoms with Gasteiger partial charge in [0.05, 0.1) is 0 Å². The molecule has 0 N–H and O–H groups in total. The molecule has 0 spiro atoms. The van der Waals surface area contributed by atoms with E-state index in [1.54, 1.807) is 12.2 Å². The van der Waals surface area contributed by atoms with Crippen LogP contribution in [0.1, 0.15) is 17.5 Å². The fraction of sp³-hybridized carbons (Fsp3) is 0.200. The number of alkyl halides is 6. The topological polar surface area (TPSA) is 18.5 Å². The van der Waals surface area contributed by atoms with Gasteiger partial charge in [-0.05, 0) is 0 Å². The van der Waals surface area contributed by atoms with Gasteiger partial charge < -0.3 is 0 Å². The monoisotopic (exact) mass is 569 g/mol. The quantitative estimate of drug-likeness (QED) is 0.266. The van der Waals surface area contributed by atoms with Gasteiger partial charge in [-0.25, -0.2) is 0 Å². The molecule has 1 aliphatic heterocycles. The summed E-state index contributed by atoms with van der Waals surface area (Å²) in [5.41, 5.74) is -1.74. The Morgan fingerprint density at radius 1 is 0.771 bits per heavy atom. The molecule has 0 saturated carbocycles. The Hall–Kier alpha value is -2.47. The van der Waals surface area contributed by atoms with Crippen LogP contribution in [0.15, 0.2) is 94.2 Å². The van der Waals surface area contributed by atoms with Crippen molar-refractivity contribution in [3.8, 4) is 11.5 Å². The number of allylic oxidation sites excluding steroid dienone is 7. The summed E-state index contributed by atoms with van der Waals surface area (Å²) in [6.45, 7) is 2.99. The van der Waals surface area contributed by atoms with Gasteiger partial charge in [0, 0.05) is 0 Å². The summed E-state index contributed by atoms with van der Waals surface area (Å²) in [6, 6.07) is 8.72. The molecule has 0 fully saturated rings. The molecule has 2 aliphatic rings. The molecule has 0 saturated heterocycles. The van der Waals surface area contributed by atoms with Crippen LogP contribution in [0.5, 0.6) is 11.5 Å². The predicted molar refractivity (Wildman–Crippen MR) is 121 cm³/mol. The second-order valence-electron chi connectivity index (χ2n) is 7.89. The minimum atomic E-state index is -4.53. The Balaban J connectivity index is 0.000000420. The Kier molecular flexibility index (Phi) is 9.28. The standard InChI is InChI=1S/2C7H5F3O.C6H9B.C5H5.Zr/c2*8-7(9,10)5-2-1-3-6(11)4-5;1-7-5-3-2-4-6-7;1-2-4-5-3-1;/h2*1-4,11H;2-5H,6H2,1H3;1-3H,4H2;/q;;;;+2/p-2. The van der Waals surface area contributed by atoms with Gasteiger partial charge in [0.1, 0.15) is 0 Å². The third kappa shape index (κ3) is 8.60. The molecule has 0 amide bonds. The van der Waals surface area contributed by atoms with Crippen molar-refractivity contribution in [3.05, 3.63) is 105 Å². The molecule has 0 aromatic heterocycles. The number of benzene rings is 2. The summed E-state index contributed by atoms with van der Waals surface area (Å²) in [7, 11) is 0. The van der Waals surface area contributed by atoms with Crippen LogP contribution in [0.2, 0.25) is 13.1 Å². The van der Waals surface area contributed by atoms with E-state index < -0.39 is 46.1 Å². The van der Waals surface area contributed by atoms with E-state index in [0.717, 1.165) is 34.3 Å². The third-order valence-corrected chi connectivity index (χ3v) is 9.24. The van der Waals surface area contributed by atoms with Gasteiger partial charge in [0.15, 0.2) is 6.71 Å². The van der Waals surface area contributed by atoms with Crippen molar-refractivity contribution >= 4 is 6.71 Å². The summed E-state index contributed by atoms with van der Waals surface area (Å²) in [5, 5.41) is 0. The average Bonchev–Trinajstić information content (AvgIpc) is 3.34. The second kappa shape index (κ2) is 12.0. The molecule has 2 aromatic carbocycles. The summed E-state index contributed by atoms with van der Waals surface area (Å²) >= 11 is -3.51. The Morgan fingerprint density at radius 3 is 1.71 bits per heavy atom. The van der Waals surface area contributed by atoms with Crippen LogP contribution in [0.25, 0.3) is 0 Å². The summed E-state index contributed by atoms with van der Waals surface area (Å²) in [5.74, 6) is 2.17. The maximum atomic E-state index is 12.9. The molecular weight excluding hydrogens is 548 g/mol. The van der Waals surface area contributed by atoms with Crippen molar-refractivity contribution in [2.45, 2.75) is 31.9 Å². The van der Waals surface area contributed by atoms with E-state index in [0.29, 0.717) is 6.42 Å². The first-order valence-corrected chi connectivity index (χ1v) is 14.0. The van der Waals surface area contributed by atoms with Crippen LogP contribution in [0, 0.1) is 0 Å². The Labute approximate surface area is 209 Å². The maximum absolute atomic E-state index is 12.9. The van der Waals surface area contributed by atoms with Gasteiger partial charge in [-0.2, -0.15) is 0 Å². The molecule has 2 nitrogen and oxygen atoms in total. The van der Waals surface area contributed by atoms with Crippen LogP contribution in [0.3, 0.4) is 0 Å². The normalized spacial score (nSPS) is 14.8. The number of hydrogen-bond acceptors (Lipinski definition) is 2. The first kappa shape index (κ1) is 27.1. The van der Waals surface area contributed by atoms with E-state index in [-0.39, 0.29) is 11.5 Å². The molecule has 1 aliphatic carbocycles. The molecule has 0 bridgehead atoms. The molecule has 4 rings (SSSR count). The zero-order chi connectivity index (χ0) is 25.5. The van der Waals surface area contributed by atoms with Gasteiger partial charge in [-0.1, -0.05) is 31.4 Å². The summed E-state index contributed by atoms with van der Waals surface area (Å²) < 4.78 is 89.7. The van der Waals surface area contributed by atoms with Crippen LogP contribution in [-0.2, 0) is 35.0 Å². The van der Waals surface area contributed by atoms with Crippen LogP contribution < -0.4 is 5.63 Å². The van der Waals surface area contributed by atoms with E-state index >= 15 is 0 Å². The van der Waals surface area contributed by atoms with Crippen LogP contribution >= 0.6 is 0 Å². The number of halogens is 6. The summed E-state index contributed by atoms with van der Waals surface area (Å²) in [4.78, 5) is 0. The predicted octanol–water partition coefficient (Wildman–Crippen LogP) is 8.25. The molecule has 2 aromatic rings. The van der Waals surface area contributed by atoms with Crippen molar-refractivity contribution < 1.29 is 54.6 Å². The van der Waals surface area contributed by atoms with Crippen molar-refractivity contribution in [1.82, 2.24) is 0 Å². The van der Waals surface area contributed by atoms with Crippen LogP contribution in [0.4, 0.5) is 26.3 Å². The Morgan fingerprint density at radius 2 is 1.34 bits per heavy atom. The zero-order valence-corrected chi connectivity index (χ0v) is 21.2. The van der Waals surface area contributed by atoms with E-state index in [1.165, 1.54) is 30.6 Å². The van der Waals surface area contributed by atoms with Crippen molar-refractivity contribution in [3.63, 3.8) is 0 Å². The minimum absolute atomic E-state index is 0.0241. The first-order chi connectivity index (χ1) is 16.5. The Bertz CT molecular complexity index is 1060. The molecule has 35 heavy (non-hydrogen) atoms. The number of hydrogen-bond donors (Lipinski definition) is 0. The van der Waals surface area contributed by atoms with E-state index in [1.807, 2.05) is 6.08 Å². The fourth-order valence-electron chi connectivity index (χ4n) is 3.14. The molecule has 0 radical (unpaired) electrons. The fourth-order valence-corrected chi connectivity index (χ4v) is 6.83.